The van der Waals surface area contributed by atoms with E-state index < -0.39 is 110 Å². The van der Waals surface area contributed by atoms with Crippen molar-refractivity contribution in [2.75, 3.05) is 19.8 Å². The second kappa shape index (κ2) is 14.5. The van der Waals surface area contributed by atoms with E-state index >= 15 is 0 Å². The lowest BCUT2D eigenvalue weighted by molar-refractivity contribution is -0.355. The molecule has 8 rings (SSSR count). The van der Waals surface area contributed by atoms with Gasteiger partial charge in [0.15, 0.2) is 30.1 Å². The number of carbonyl (C=O) groups is 1. The summed E-state index contributed by atoms with van der Waals surface area (Å²) in [5.74, 6) is -3.85. The molecule has 56 heavy (non-hydrogen) atoms. The molecule has 16 heteroatoms. The van der Waals surface area contributed by atoms with E-state index in [1.54, 1.807) is 6.92 Å². The van der Waals surface area contributed by atoms with E-state index in [1.807, 2.05) is 0 Å². The van der Waals surface area contributed by atoms with Crippen molar-refractivity contribution in [3.8, 4) is 0 Å². The number of allylic oxidation sites excluding steroid dienone is 4. The van der Waals surface area contributed by atoms with Gasteiger partial charge in [-0.2, -0.15) is 0 Å². The number of esters is 1. The van der Waals surface area contributed by atoms with Crippen LogP contribution < -0.4 is 0 Å². The maximum Gasteiger partial charge on any atom is 0.312 e. The van der Waals surface area contributed by atoms with E-state index in [1.165, 1.54) is 23.6 Å². The Bertz CT molecular complexity index is 1580. The summed E-state index contributed by atoms with van der Waals surface area (Å²) in [6.07, 6.45) is -6.67. The summed E-state index contributed by atoms with van der Waals surface area (Å²) in [4.78, 5) is 13.6. The van der Waals surface area contributed by atoms with E-state index in [2.05, 4.69) is 19.9 Å². The highest BCUT2D eigenvalue weighted by Crippen LogP contribution is 2.66. The predicted octanol–water partition coefficient (Wildman–Crippen LogP) is -0.714. The molecule has 0 aromatic carbocycles. The van der Waals surface area contributed by atoms with Gasteiger partial charge >= 0.3 is 5.97 Å². The monoisotopic (exact) mass is 796 g/mol. The fourth-order valence-electron chi connectivity index (χ4n) is 12.1. The Morgan fingerprint density at radius 3 is 2.38 bits per heavy atom. The van der Waals surface area contributed by atoms with Crippen LogP contribution in [0.15, 0.2) is 22.8 Å². The number of ether oxygens (including phenoxy) is 6. The van der Waals surface area contributed by atoms with Gasteiger partial charge in [-0.15, -0.1) is 0 Å². The summed E-state index contributed by atoms with van der Waals surface area (Å²) >= 11 is 0. The predicted molar refractivity (Wildman–Crippen MR) is 191 cm³/mol. The number of rotatable bonds is 8. The lowest BCUT2D eigenvalue weighted by atomic mass is 9.51. The molecule has 9 N–H and O–H groups in total. The highest BCUT2D eigenvalue weighted by Gasteiger charge is 2.73. The van der Waals surface area contributed by atoms with Crippen molar-refractivity contribution >= 4 is 5.97 Å². The highest BCUT2D eigenvalue weighted by molar-refractivity contribution is 5.77. The number of aliphatic hydroxyl groups is 9. The van der Waals surface area contributed by atoms with Crippen molar-refractivity contribution in [2.45, 2.75) is 164 Å². The number of aliphatic hydroxyl groups excluding tert-OH is 7. The molecule has 0 bridgehead atoms. The van der Waals surface area contributed by atoms with Gasteiger partial charge in [-0.25, -0.2) is 0 Å². The van der Waals surface area contributed by atoms with Crippen LogP contribution in [-0.4, -0.2) is 157 Å². The fraction of sp³-hybridized carbons (Fsp3) is 0.875. The third-order valence-corrected chi connectivity index (χ3v) is 15.5. The van der Waals surface area contributed by atoms with Crippen LogP contribution in [0.1, 0.15) is 79.1 Å². The number of hydrogen-bond donors (Lipinski definition) is 9. The SMILES string of the molecule is C[C@H](CO)[C@@]1(O)[C@@H]2OC(=O)[C@@H]([C@H]3CC=C4C5=C(CC[C@@]43C)[C@@]3(C)CC[C@H](O[C@@H]4O[C@H](CO)[C@@H](O)[C@H](O[C@@H]6OC[C@@H](O)[C@H](O)[C@H]6O)[C@H]4O)C[C@@H]3CC5)[C@@H]2O[C@@]1(C)O. The van der Waals surface area contributed by atoms with Gasteiger partial charge in [0.25, 0.3) is 0 Å². The quantitative estimate of drug-likeness (QED) is 0.138. The standard InChI is InChI=1S/C40H60O16/c1-17(14-41)40(50)33-31(56-39(40,4)49)26(34(48)55-33)23-8-7-21-20-6-5-18-13-19(9-11-37(18,2)22(20)10-12-38(21,23)3)52-36-30(47)32(28(45)25(15-42)53-36)54-35-29(46)27(44)24(43)16-51-35/h7,17-19,23-33,35-36,41-47,49-50H,5-6,8-16H2,1-4H3/t17-,18+,19+,23-,24-,25-,26+,27+,28-,29-,30-,31+,32+,33-,35+,36-,37+,38+,39-,40-/m1/s1. The molecule has 4 aliphatic heterocycles. The van der Waals surface area contributed by atoms with Crippen LogP contribution in [0.5, 0.6) is 0 Å². The van der Waals surface area contributed by atoms with Gasteiger partial charge in [0, 0.05) is 12.5 Å². The van der Waals surface area contributed by atoms with Crippen molar-refractivity contribution in [2.24, 2.45) is 34.5 Å². The van der Waals surface area contributed by atoms with Gasteiger partial charge in [0.2, 0.25) is 0 Å². The lowest BCUT2D eigenvalue weighted by Gasteiger charge is -2.54. The molecule has 0 unspecified atom stereocenters. The van der Waals surface area contributed by atoms with Gasteiger partial charge < -0.3 is 74.4 Å². The van der Waals surface area contributed by atoms with Gasteiger partial charge in [-0.05, 0) is 92.1 Å². The first kappa shape index (κ1) is 41.1. The maximum absolute atomic E-state index is 13.6. The Labute approximate surface area is 326 Å². The molecule has 5 fully saturated rings. The topological polar surface area (TPSA) is 255 Å². The van der Waals surface area contributed by atoms with Crippen molar-refractivity contribution in [3.05, 3.63) is 22.8 Å². The Kier molecular flexibility index (Phi) is 10.7. The molecular formula is C40H60O16. The molecule has 4 heterocycles. The first-order valence-corrected chi connectivity index (χ1v) is 20.4. The van der Waals surface area contributed by atoms with E-state index in [9.17, 15) is 50.8 Å². The minimum atomic E-state index is -2.02. The Morgan fingerprint density at radius 2 is 1.66 bits per heavy atom. The number of hydrogen-bond acceptors (Lipinski definition) is 16. The van der Waals surface area contributed by atoms with Crippen LogP contribution in [0.2, 0.25) is 0 Å². The minimum absolute atomic E-state index is 0.114. The Morgan fingerprint density at radius 1 is 0.911 bits per heavy atom. The molecular weight excluding hydrogens is 736 g/mol. The summed E-state index contributed by atoms with van der Waals surface area (Å²) in [7, 11) is 0. The molecule has 16 nitrogen and oxygen atoms in total. The Balaban J connectivity index is 0.955. The molecule has 316 valence electrons. The molecule has 0 aromatic heterocycles. The molecule has 1 saturated carbocycles. The third-order valence-electron chi connectivity index (χ3n) is 15.5. The molecule has 4 saturated heterocycles. The summed E-state index contributed by atoms with van der Waals surface area (Å²) in [6, 6.07) is 0. The minimum Gasteiger partial charge on any atom is -0.456 e. The van der Waals surface area contributed by atoms with Gasteiger partial charge in [-0.3, -0.25) is 4.79 Å². The van der Waals surface area contributed by atoms with E-state index in [0.29, 0.717) is 19.3 Å². The third kappa shape index (κ3) is 6.04. The normalized spacial score (nSPS) is 53.5. The summed E-state index contributed by atoms with van der Waals surface area (Å²) in [6.45, 7) is 6.16. The van der Waals surface area contributed by atoms with Crippen molar-refractivity contribution in [3.63, 3.8) is 0 Å². The lowest BCUT2D eigenvalue weighted by Crippen LogP contribution is -2.63. The van der Waals surface area contributed by atoms with Crippen LogP contribution >= 0.6 is 0 Å². The van der Waals surface area contributed by atoms with Gasteiger partial charge in [0.1, 0.15) is 48.8 Å². The molecule has 0 amide bonds. The van der Waals surface area contributed by atoms with Crippen molar-refractivity contribution in [1.82, 2.24) is 0 Å². The zero-order valence-corrected chi connectivity index (χ0v) is 32.5. The molecule has 0 aromatic rings. The van der Waals surface area contributed by atoms with E-state index in [4.69, 9.17) is 28.4 Å². The first-order valence-electron chi connectivity index (χ1n) is 20.4. The summed E-state index contributed by atoms with van der Waals surface area (Å²) < 4.78 is 35.2. The zero-order valence-electron chi connectivity index (χ0n) is 32.5. The largest absolute Gasteiger partial charge is 0.456 e. The van der Waals surface area contributed by atoms with Crippen molar-refractivity contribution in [1.29, 1.82) is 0 Å². The molecule has 0 spiro atoms. The average molecular weight is 797 g/mol. The first-order chi connectivity index (χ1) is 26.4. The maximum atomic E-state index is 13.6. The van der Waals surface area contributed by atoms with E-state index in [0.717, 1.165) is 32.1 Å². The van der Waals surface area contributed by atoms with E-state index in [-0.39, 0.29) is 35.4 Å². The molecule has 20 atom stereocenters. The number of fused-ring (bicyclic) bond motifs is 5. The van der Waals surface area contributed by atoms with Crippen LogP contribution in [0, 0.1) is 34.5 Å². The fourth-order valence-corrected chi connectivity index (χ4v) is 12.1. The molecule has 4 aliphatic carbocycles. The van der Waals surface area contributed by atoms with Crippen molar-refractivity contribution < 1.29 is 79.2 Å². The molecule has 8 aliphatic rings. The van der Waals surface area contributed by atoms with Crippen LogP contribution in [0.3, 0.4) is 0 Å². The molecule has 0 radical (unpaired) electrons. The Hall–Kier alpha value is -1.61. The van der Waals surface area contributed by atoms with Gasteiger partial charge in [0.05, 0.1) is 25.2 Å². The smallest absolute Gasteiger partial charge is 0.312 e. The van der Waals surface area contributed by atoms with Crippen LogP contribution in [-0.2, 0) is 33.2 Å². The summed E-state index contributed by atoms with van der Waals surface area (Å²) in [5, 5.41) is 95.4. The zero-order chi connectivity index (χ0) is 40.3. The summed E-state index contributed by atoms with van der Waals surface area (Å²) in [5.41, 5.74) is 1.61. The van der Waals surface area contributed by atoms with Crippen LogP contribution in [0.4, 0.5) is 0 Å². The number of carbonyl (C=O) groups excluding carboxylic acids is 1. The van der Waals surface area contributed by atoms with Crippen LogP contribution in [0.25, 0.3) is 0 Å². The highest BCUT2D eigenvalue weighted by atomic mass is 16.7. The van der Waals surface area contributed by atoms with Gasteiger partial charge in [-0.1, -0.05) is 32.4 Å². The second-order valence-electron chi connectivity index (χ2n) is 18.4. The average Bonchev–Trinajstić information content (AvgIpc) is 3.74. The second-order valence-corrected chi connectivity index (χ2v) is 18.4.